The summed E-state index contributed by atoms with van der Waals surface area (Å²) in [6.07, 6.45) is 7.18. The van der Waals surface area contributed by atoms with Gasteiger partial charge in [0, 0.05) is 17.2 Å². The van der Waals surface area contributed by atoms with Gasteiger partial charge in [-0.3, -0.25) is 0 Å². The molecule has 2 aromatic rings. The van der Waals surface area contributed by atoms with E-state index in [0.717, 1.165) is 25.9 Å². The van der Waals surface area contributed by atoms with Crippen LogP contribution in [0, 0.1) is 0 Å². The van der Waals surface area contributed by atoms with Gasteiger partial charge < -0.3 is 5.32 Å². The van der Waals surface area contributed by atoms with Crippen molar-refractivity contribution in [2.45, 2.75) is 51.4 Å². The molecule has 1 N–H and O–H groups in total. The number of nitrogens with one attached hydrogen (secondary N) is 1. The molecule has 3 rings (SSSR count). The van der Waals surface area contributed by atoms with Crippen LogP contribution in [0.5, 0.6) is 0 Å². The average molecular weight is 322 g/mol. The molecule has 2 heterocycles. The molecule has 0 amide bonds. The number of aryl methyl sites for hydroxylation is 2. The van der Waals surface area contributed by atoms with E-state index in [2.05, 4.69) is 33.9 Å². The average Bonchev–Trinajstić information content (AvgIpc) is 3.15. The molecule has 5 heteroatoms. The third kappa shape index (κ3) is 3.71. The van der Waals surface area contributed by atoms with Crippen LogP contribution in [0.4, 0.5) is 0 Å². The van der Waals surface area contributed by atoms with Gasteiger partial charge in [-0.15, -0.1) is 32.9 Å². The van der Waals surface area contributed by atoms with Gasteiger partial charge in [0.1, 0.15) is 10.0 Å². The Kier molecular flexibility index (Phi) is 5.38. The highest BCUT2D eigenvalue weighted by atomic mass is 32.1. The Morgan fingerprint density at radius 3 is 3.19 bits per heavy atom. The zero-order chi connectivity index (χ0) is 14.5. The minimum Gasteiger partial charge on any atom is -0.317 e. The van der Waals surface area contributed by atoms with E-state index in [1.165, 1.54) is 41.3 Å². The summed E-state index contributed by atoms with van der Waals surface area (Å²) in [5.41, 5.74) is 1.51. The van der Waals surface area contributed by atoms with Gasteiger partial charge in [0.25, 0.3) is 0 Å². The molecule has 114 valence electrons. The molecule has 0 bridgehead atoms. The topological polar surface area (TPSA) is 37.8 Å². The second-order valence-corrected chi connectivity index (χ2v) is 7.73. The van der Waals surface area contributed by atoms with Gasteiger partial charge >= 0.3 is 0 Å². The number of aromatic nitrogens is 2. The summed E-state index contributed by atoms with van der Waals surface area (Å²) in [5.74, 6) is 0.504. The van der Waals surface area contributed by atoms with Gasteiger partial charge in [0.05, 0.1) is 0 Å². The lowest BCUT2D eigenvalue weighted by Crippen LogP contribution is -2.16. The third-order valence-corrected chi connectivity index (χ3v) is 6.10. The molecule has 3 nitrogen and oxygen atoms in total. The predicted molar refractivity (Wildman–Crippen MR) is 90.5 cm³/mol. The van der Waals surface area contributed by atoms with E-state index in [-0.39, 0.29) is 0 Å². The molecule has 1 aliphatic carbocycles. The molecule has 0 saturated heterocycles. The maximum absolute atomic E-state index is 4.49. The molecule has 0 spiro atoms. The highest BCUT2D eigenvalue weighted by molar-refractivity contribution is 7.11. The Morgan fingerprint density at radius 1 is 1.33 bits per heavy atom. The number of fused-ring (bicyclic) bond motifs is 1. The SMILES string of the molecule is CCCNCCCc1nnc(C2CCCc3sccc32)s1. The van der Waals surface area contributed by atoms with Gasteiger partial charge in [0.15, 0.2) is 0 Å². The molecule has 2 aromatic heterocycles. The van der Waals surface area contributed by atoms with Crippen LogP contribution in [0.15, 0.2) is 11.4 Å². The van der Waals surface area contributed by atoms with Crippen LogP contribution >= 0.6 is 22.7 Å². The van der Waals surface area contributed by atoms with Gasteiger partial charge in [0.2, 0.25) is 0 Å². The number of hydrogen-bond acceptors (Lipinski definition) is 5. The van der Waals surface area contributed by atoms with E-state index in [4.69, 9.17) is 0 Å². The van der Waals surface area contributed by atoms with Crippen LogP contribution in [-0.4, -0.2) is 23.3 Å². The second-order valence-electron chi connectivity index (χ2n) is 5.63. The van der Waals surface area contributed by atoms with Crippen LogP contribution in [0.2, 0.25) is 0 Å². The Morgan fingerprint density at radius 2 is 2.29 bits per heavy atom. The summed E-state index contributed by atoms with van der Waals surface area (Å²) in [4.78, 5) is 1.56. The van der Waals surface area contributed by atoms with Gasteiger partial charge in [-0.05, 0) is 62.2 Å². The first-order chi connectivity index (χ1) is 10.4. The third-order valence-electron chi connectivity index (χ3n) is 4.00. The zero-order valence-electron chi connectivity index (χ0n) is 12.6. The van der Waals surface area contributed by atoms with Crippen LogP contribution in [0.1, 0.15) is 59.0 Å². The van der Waals surface area contributed by atoms with E-state index in [9.17, 15) is 0 Å². The van der Waals surface area contributed by atoms with Crippen LogP contribution < -0.4 is 5.32 Å². The minimum absolute atomic E-state index is 0.504. The van der Waals surface area contributed by atoms with Crippen LogP contribution in [0.25, 0.3) is 0 Å². The molecule has 0 aliphatic heterocycles. The summed E-state index contributed by atoms with van der Waals surface area (Å²) >= 11 is 3.73. The molecule has 0 saturated carbocycles. The maximum atomic E-state index is 4.49. The zero-order valence-corrected chi connectivity index (χ0v) is 14.2. The van der Waals surface area contributed by atoms with E-state index in [1.807, 2.05) is 22.7 Å². The van der Waals surface area contributed by atoms with E-state index in [0.29, 0.717) is 5.92 Å². The standard InChI is InChI=1S/C16H23N3S2/c1-2-9-17-10-4-7-15-18-19-16(21-15)13-5-3-6-14-12(13)8-11-20-14/h8,11,13,17H,2-7,9-10H2,1H3. The number of thiophene rings is 1. The van der Waals surface area contributed by atoms with Gasteiger partial charge in [-0.1, -0.05) is 6.92 Å². The lowest BCUT2D eigenvalue weighted by molar-refractivity contribution is 0.616. The number of rotatable bonds is 7. The highest BCUT2D eigenvalue weighted by Crippen LogP contribution is 2.40. The van der Waals surface area contributed by atoms with Gasteiger partial charge in [-0.25, -0.2) is 0 Å². The van der Waals surface area contributed by atoms with Crippen molar-refractivity contribution in [2.75, 3.05) is 13.1 Å². The van der Waals surface area contributed by atoms with Crippen molar-refractivity contribution in [3.05, 3.63) is 31.9 Å². The van der Waals surface area contributed by atoms with Crippen molar-refractivity contribution in [3.63, 3.8) is 0 Å². The van der Waals surface area contributed by atoms with Crippen molar-refractivity contribution in [1.82, 2.24) is 15.5 Å². The van der Waals surface area contributed by atoms with E-state index >= 15 is 0 Å². The summed E-state index contributed by atoms with van der Waals surface area (Å²) in [5, 5.41) is 17.0. The quantitative estimate of drug-likeness (QED) is 0.783. The van der Waals surface area contributed by atoms with Crippen LogP contribution in [0.3, 0.4) is 0 Å². The lowest BCUT2D eigenvalue weighted by Gasteiger charge is -2.19. The summed E-state index contributed by atoms with van der Waals surface area (Å²) in [6, 6.07) is 2.29. The number of nitrogens with zero attached hydrogens (tertiary/aromatic N) is 2. The van der Waals surface area contributed by atoms with Gasteiger partial charge in [-0.2, -0.15) is 0 Å². The Bertz CT molecular complexity index is 561. The van der Waals surface area contributed by atoms with Crippen molar-refractivity contribution in [3.8, 4) is 0 Å². The first-order valence-corrected chi connectivity index (χ1v) is 9.67. The monoisotopic (exact) mass is 321 g/mol. The first-order valence-electron chi connectivity index (χ1n) is 7.97. The largest absolute Gasteiger partial charge is 0.317 e. The molecule has 0 fully saturated rings. The Hall–Kier alpha value is -0.780. The minimum atomic E-state index is 0.504. The summed E-state index contributed by atoms with van der Waals surface area (Å²) in [6.45, 7) is 4.40. The molecule has 1 aliphatic rings. The Labute approximate surface area is 134 Å². The maximum Gasteiger partial charge on any atom is 0.124 e. The fraction of sp³-hybridized carbons (Fsp3) is 0.625. The van der Waals surface area contributed by atoms with E-state index in [1.54, 1.807) is 4.88 Å². The van der Waals surface area contributed by atoms with Crippen molar-refractivity contribution < 1.29 is 0 Å². The first kappa shape index (κ1) is 15.1. The van der Waals surface area contributed by atoms with Crippen molar-refractivity contribution in [2.24, 2.45) is 0 Å². The van der Waals surface area contributed by atoms with Crippen molar-refractivity contribution in [1.29, 1.82) is 0 Å². The molecule has 1 unspecified atom stereocenters. The Balaban J connectivity index is 1.58. The fourth-order valence-corrected chi connectivity index (χ4v) is 4.94. The predicted octanol–water partition coefficient (Wildman–Crippen LogP) is 4.00. The molecular formula is C16H23N3S2. The smallest absolute Gasteiger partial charge is 0.124 e. The fourth-order valence-electron chi connectivity index (χ4n) is 2.92. The number of hydrogen-bond donors (Lipinski definition) is 1. The molecular weight excluding hydrogens is 298 g/mol. The van der Waals surface area contributed by atoms with Crippen LogP contribution in [-0.2, 0) is 12.8 Å². The normalized spacial score (nSPS) is 17.9. The summed E-state index contributed by atoms with van der Waals surface area (Å²) in [7, 11) is 0. The highest BCUT2D eigenvalue weighted by Gasteiger charge is 2.25. The molecule has 21 heavy (non-hydrogen) atoms. The molecule has 0 aromatic carbocycles. The summed E-state index contributed by atoms with van der Waals surface area (Å²) < 4.78 is 0. The second kappa shape index (κ2) is 7.47. The lowest BCUT2D eigenvalue weighted by atomic mass is 9.88. The molecule has 0 radical (unpaired) electrons. The molecule has 1 atom stereocenters. The van der Waals surface area contributed by atoms with Crippen molar-refractivity contribution >= 4 is 22.7 Å². The van der Waals surface area contributed by atoms with E-state index < -0.39 is 0 Å².